The van der Waals surface area contributed by atoms with Crippen molar-refractivity contribution in [3.05, 3.63) is 45.7 Å². The molecule has 1 amide bonds. The zero-order chi connectivity index (χ0) is 14.3. The lowest BCUT2D eigenvalue weighted by Crippen LogP contribution is -2.31. The number of rotatable bonds is 2. The highest BCUT2D eigenvalue weighted by Gasteiger charge is 2.15. The van der Waals surface area contributed by atoms with Gasteiger partial charge in [0, 0.05) is 12.2 Å². The van der Waals surface area contributed by atoms with Gasteiger partial charge in [0.2, 0.25) is 0 Å². The Bertz CT molecular complexity index is 864. The van der Waals surface area contributed by atoms with Crippen LogP contribution in [-0.4, -0.2) is 21.3 Å². The van der Waals surface area contributed by atoms with Gasteiger partial charge in [0.15, 0.2) is 5.65 Å². The standard InChI is InChI=1S/C14H13N3O2S/c1-8(2)15-13(18)9-4-3-6-17-12(9)16-10-5-7-20-11(10)14(17)19/h3-8H,1-2H3,(H,15,18). The second kappa shape index (κ2) is 4.72. The largest absolute Gasteiger partial charge is 0.350 e. The molecule has 3 rings (SSSR count). The van der Waals surface area contributed by atoms with Gasteiger partial charge in [0.1, 0.15) is 4.70 Å². The van der Waals surface area contributed by atoms with Crippen LogP contribution >= 0.6 is 11.3 Å². The van der Waals surface area contributed by atoms with Crippen LogP contribution in [0.15, 0.2) is 34.6 Å². The summed E-state index contributed by atoms with van der Waals surface area (Å²) in [6.07, 6.45) is 1.63. The fourth-order valence-electron chi connectivity index (χ4n) is 2.07. The van der Waals surface area contributed by atoms with Gasteiger partial charge in [-0.05, 0) is 37.4 Å². The highest BCUT2D eigenvalue weighted by molar-refractivity contribution is 7.17. The second-order valence-corrected chi connectivity index (χ2v) is 5.71. The van der Waals surface area contributed by atoms with E-state index in [1.165, 1.54) is 15.7 Å². The predicted molar refractivity (Wildman–Crippen MR) is 79.4 cm³/mol. The van der Waals surface area contributed by atoms with Gasteiger partial charge in [-0.25, -0.2) is 4.98 Å². The number of fused-ring (bicyclic) bond motifs is 2. The monoisotopic (exact) mass is 287 g/mol. The summed E-state index contributed by atoms with van der Waals surface area (Å²) in [5, 5.41) is 4.65. The summed E-state index contributed by atoms with van der Waals surface area (Å²) in [7, 11) is 0. The molecule has 0 aromatic carbocycles. The van der Waals surface area contributed by atoms with Crippen molar-refractivity contribution >= 4 is 33.1 Å². The van der Waals surface area contributed by atoms with E-state index in [1.807, 2.05) is 19.2 Å². The minimum Gasteiger partial charge on any atom is -0.350 e. The van der Waals surface area contributed by atoms with Crippen LogP contribution in [0.1, 0.15) is 24.2 Å². The van der Waals surface area contributed by atoms with Crippen molar-refractivity contribution in [3.63, 3.8) is 0 Å². The third-order valence-corrected chi connectivity index (χ3v) is 3.81. The van der Waals surface area contributed by atoms with Crippen LogP contribution in [0.25, 0.3) is 15.9 Å². The lowest BCUT2D eigenvalue weighted by molar-refractivity contribution is 0.0944. The summed E-state index contributed by atoms with van der Waals surface area (Å²) in [6.45, 7) is 3.78. The van der Waals surface area contributed by atoms with Gasteiger partial charge in [-0.2, -0.15) is 0 Å². The van der Waals surface area contributed by atoms with Crippen molar-refractivity contribution < 1.29 is 4.79 Å². The summed E-state index contributed by atoms with van der Waals surface area (Å²) in [4.78, 5) is 29.0. The van der Waals surface area contributed by atoms with Crippen LogP contribution in [0.3, 0.4) is 0 Å². The first-order valence-electron chi connectivity index (χ1n) is 6.27. The molecule has 0 unspecified atom stereocenters. The molecule has 5 nitrogen and oxygen atoms in total. The number of hydrogen-bond donors (Lipinski definition) is 1. The SMILES string of the molecule is CC(C)NC(=O)c1cccn2c(=O)c3sccc3nc12. The van der Waals surface area contributed by atoms with E-state index < -0.39 is 0 Å². The van der Waals surface area contributed by atoms with Crippen molar-refractivity contribution in [1.82, 2.24) is 14.7 Å². The van der Waals surface area contributed by atoms with Crippen LogP contribution in [0, 0.1) is 0 Å². The summed E-state index contributed by atoms with van der Waals surface area (Å²) in [6, 6.07) is 5.18. The van der Waals surface area contributed by atoms with Crippen molar-refractivity contribution in [2.24, 2.45) is 0 Å². The third-order valence-electron chi connectivity index (χ3n) is 2.92. The highest BCUT2D eigenvalue weighted by Crippen LogP contribution is 2.17. The molecule has 0 atom stereocenters. The molecule has 3 heterocycles. The van der Waals surface area contributed by atoms with Crippen LogP contribution in [0.4, 0.5) is 0 Å². The van der Waals surface area contributed by atoms with Crippen LogP contribution in [-0.2, 0) is 0 Å². The molecule has 3 aromatic rings. The molecule has 20 heavy (non-hydrogen) atoms. The zero-order valence-electron chi connectivity index (χ0n) is 11.1. The number of nitrogens with one attached hydrogen (secondary N) is 1. The van der Waals surface area contributed by atoms with Crippen molar-refractivity contribution in [2.45, 2.75) is 19.9 Å². The Balaban J connectivity index is 2.31. The van der Waals surface area contributed by atoms with Crippen LogP contribution in [0.5, 0.6) is 0 Å². The first kappa shape index (κ1) is 12.8. The van der Waals surface area contributed by atoms with E-state index in [4.69, 9.17) is 0 Å². The van der Waals surface area contributed by atoms with Gasteiger partial charge in [0.25, 0.3) is 11.5 Å². The Kier molecular flexibility index (Phi) is 3.02. The zero-order valence-corrected chi connectivity index (χ0v) is 11.9. The minimum absolute atomic E-state index is 0.0272. The molecule has 0 aliphatic heterocycles. The third kappa shape index (κ3) is 1.98. The lowest BCUT2D eigenvalue weighted by Gasteiger charge is -2.10. The van der Waals surface area contributed by atoms with Gasteiger partial charge >= 0.3 is 0 Å². The molecule has 1 N–H and O–H groups in total. The number of nitrogens with zero attached hydrogens (tertiary/aromatic N) is 2. The Morgan fingerprint density at radius 2 is 2.20 bits per heavy atom. The molecular formula is C14H13N3O2S. The summed E-state index contributed by atoms with van der Waals surface area (Å²) in [5.41, 5.74) is 1.29. The van der Waals surface area contributed by atoms with E-state index >= 15 is 0 Å². The van der Waals surface area contributed by atoms with Gasteiger partial charge in [-0.1, -0.05) is 0 Å². The average Bonchev–Trinajstić information content (AvgIpc) is 2.86. The van der Waals surface area contributed by atoms with Crippen LogP contribution in [0.2, 0.25) is 0 Å². The quantitative estimate of drug-likeness (QED) is 0.784. The molecule has 0 saturated carbocycles. The number of carbonyl (C=O) groups excluding carboxylic acids is 1. The average molecular weight is 287 g/mol. The van der Waals surface area contributed by atoms with E-state index in [1.54, 1.807) is 24.4 Å². The molecule has 0 fully saturated rings. The fourth-order valence-corrected chi connectivity index (χ4v) is 2.84. The number of carbonyl (C=O) groups is 1. The fraction of sp³-hybridized carbons (Fsp3) is 0.214. The highest BCUT2D eigenvalue weighted by atomic mass is 32.1. The smallest absolute Gasteiger partial charge is 0.275 e. The van der Waals surface area contributed by atoms with E-state index in [2.05, 4.69) is 10.3 Å². The molecule has 3 aromatic heterocycles. The van der Waals surface area contributed by atoms with Gasteiger partial charge in [-0.15, -0.1) is 11.3 Å². The Morgan fingerprint density at radius 3 is 2.95 bits per heavy atom. The van der Waals surface area contributed by atoms with E-state index in [-0.39, 0.29) is 17.5 Å². The van der Waals surface area contributed by atoms with Gasteiger partial charge in [-0.3, -0.25) is 14.0 Å². The number of aromatic nitrogens is 2. The molecule has 0 aliphatic rings. The topological polar surface area (TPSA) is 63.5 Å². The summed E-state index contributed by atoms with van der Waals surface area (Å²) >= 11 is 1.36. The lowest BCUT2D eigenvalue weighted by atomic mass is 10.2. The Morgan fingerprint density at radius 1 is 1.40 bits per heavy atom. The first-order chi connectivity index (χ1) is 9.58. The van der Waals surface area contributed by atoms with Crippen molar-refractivity contribution in [3.8, 4) is 0 Å². The molecule has 6 heteroatoms. The van der Waals surface area contributed by atoms with Crippen molar-refractivity contribution in [1.29, 1.82) is 0 Å². The summed E-state index contributed by atoms with van der Waals surface area (Å²) < 4.78 is 2.03. The van der Waals surface area contributed by atoms with Crippen LogP contribution < -0.4 is 10.9 Å². The normalized spacial score (nSPS) is 11.3. The van der Waals surface area contributed by atoms with Gasteiger partial charge < -0.3 is 5.32 Å². The van der Waals surface area contributed by atoms with E-state index in [0.29, 0.717) is 21.4 Å². The number of pyridine rings is 1. The minimum atomic E-state index is -0.223. The predicted octanol–water partition coefficient (Wildman–Crippen LogP) is 2.05. The Labute approximate surface area is 118 Å². The molecule has 0 bridgehead atoms. The van der Waals surface area contributed by atoms with Crippen molar-refractivity contribution in [2.75, 3.05) is 0 Å². The first-order valence-corrected chi connectivity index (χ1v) is 7.15. The maximum Gasteiger partial charge on any atom is 0.275 e. The van der Waals surface area contributed by atoms with E-state index in [9.17, 15) is 9.59 Å². The maximum atomic E-state index is 12.3. The molecule has 0 spiro atoms. The molecule has 102 valence electrons. The number of amides is 1. The summed E-state index contributed by atoms with van der Waals surface area (Å²) in [5.74, 6) is -0.223. The number of thiophene rings is 1. The Hall–Kier alpha value is -2.21. The molecule has 0 aliphatic carbocycles. The number of hydrogen-bond acceptors (Lipinski definition) is 4. The maximum absolute atomic E-state index is 12.3. The van der Waals surface area contributed by atoms with E-state index in [0.717, 1.165) is 0 Å². The molecule has 0 radical (unpaired) electrons. The molecule has 0 saturated heterocycles. The second-order valence-electron chi connectivity index (χ2n) is 4.80. The van der Waals surface area contributed by atoms with Gasteiger partial charge in [0.05, 0.1) is 11.1 Å². The molecular weight excluding hydrogens is 274 g/mol.